The van der Waals surface area contributed by atoms with Gasteiger partial charge in [-0.25, -0.2) is 0 Å². The lowest BCUT2D eigenvalue weighted by atomic mass is 9.79. The first-order chi connectivity index (χ1) is 9.70. The second kappa shape index (κ2) is 7.12. The van der Waals surface area contributed by atoms with Crippen LogP contribution < -0.4 is 5.32 Å². The first-order valence-electron chi connectivity index (χ1n) is 8.18. The molecule has 1 saturated carbocycles. The van der Waals surface area contributed by atoms with E-state index in [1.165, 1.54) is 50.8 Å². The van der Waals surface area contributed by atoms with Gasteiger partial charge in [0, 0.05) is 49.5 Å². The maximum Gasteiger partial charge on any atom is 0.0534 e. The van der Waals surface area contributed by atoms with Gasteiger partial charge in [0.2, 0.25) is 0 Å². The molecule has 1 aromatic heterocycles. The molecule has 1 N–H and O–H groups in total. The molecule has 0 aromatic carbocycles. The van der Waals surface area contributed by atoms with E-state index in [0.717, 1.165) is 13.1 Å². The van der Waals surface area contributed by atoms with Crippen molar-refractivity contribution in [2.24, 2.45) is 0 Å². The zero-order valence-corrected chi connectivity index (χ0v) is 14.2. The highest BCUT2D eigenvalue weighted by Gasteiger charge is 2.39. The average molecular weight is 313 g/mol. The summed E-state index contributed by atoms with van der Waals surface area (Å²) < 4.78 is 2.07. The molecule has 21 heavy (non-hydrogen) atoms. The minimum absolute atomic E-state index is 0. The zero-order chi connectivity index (χ0) is 14.0. The summed E-state index contributed by atoms with van der Waals surface area (Å²) >= 11 is 0. The van der Waals surface area contributed by atoms with E-state index in [-0.39, 0.29) is 12.4 Å². The Morgan fingerprint density at radius 1 is 1.29 bits per heavy atom. The minimum atomic E-state index is 0. The van der Waals surface area contributed by atoms with E-state index in [2.05, 4.69) is 46.2 Å². The van der Waals surface area contributed by atoms with Gasteiger partial charge in [-0.3, -0.25) is 9.58 Å². The van der Waals surface area contributed by atoms with Gasteiger partial charge in [-0.2, -0.15) is 5.10 Å². The average Bonchev–Trinajstić information content (AvgIpc) is 2.91. The fourth-order valence-corrected chi connectivity index (χ4v) is 3.80. The summed E-state index contributed by atoms with van der Waals surface area (Å²) in [6.45, 7) is 8.90. The number of nitrogens with zero attached hydrogens (tertiary/aromatic N) is 3. The Balaban J connectivity index is 0.00000161. The van der Waals surface area contributed by atoms with Crippen molar-refractivity contribution in [3.63, 3.8) is 0 Å². The number of aromatic nitrogens is 2. The van der Waals surface area contributed by atoms with Crippen molar-refractivity contribution in [3.8, 4) is 0 Å². The molecule has 0 radical (unpaired) electrons. The Bertz CT molecular complexity index is 429. The van der Waals surface area contributed by atoms with Crippen molar-refractivity contribution in [1.29, 1.82) is 0 Å². The quantitative estimate of drug-likeness (QED) is 0.931. The summed E-state index contributed by atoms with van der Waals surface area (Å²) in [4.78, 5) is 2.73. The van der Waals surface area contributed by atoms with Gasteiger partial charge in [0.1, 0.15) is 0 Å². The number of rotatable bonds is 3. The third-order valence-corrected chi connectivity index (χ3v) is 5.03. The molecular formula is C16H29ClN4. The van der Waals surface area contributed by atoms with Gasteiger partial charge in [0.15, 0.2) is 0 Å². The van der Waals surface area contributed by atoms with Crippen LogP contribution in [-0.4, -0.2) is 39.9 Å². The summed E-state index contributed by atoms with van der Waals surface area (Å²) in [5.41, 5.74) is 1.78. The lowest BCUT2D eigenvalue weighted by molar-refractivity contribution is 0.0208. The molecule has 2 heterocycles. The molecule has 0 amide bonds. The third-order valence-electron chi connectivity index (χ3n) is 5.03. The molecule has 1 spiro atoms. The van der Waals surface area contributed by atoms with Crippen molar-refractivity contribution in [2.75, 3.05) is 19.6 Å². The normalized spacial score (nSPS) is 22.4. The molecule has 0 unspecified atom stereocenters. The van der Waals surface area contributed by atoms with E-state index >= 15 is 0 Å². The van der Waals surface area contributed by atoms with Crippen LogP contribution >= 0.6 is 12.4 Å². The maximum absolute atomic E-state index is 4.49. The van der Waals surface area contributed by atoms with Gasteiger partial charge in [-0.15, -0.1) is 12.4 Å². The molecule has 5 heteroatoms. The molecule has 1 saturated heterocycles. The first kappa shape index (κ1) is 16.8. The zero-order valence-electron chi connectivity index (χ0n) is 13.3. The van der Waals surface area contributed by atoms with Crippen LogP contribution in [0.25, 0.3) is 0 Å². The molecule has 3 rings (SSSR count). The summed E-state index contributed by atoms with van der Waals surface area (Å²) in [6.07, 6.45) is 11.2. The molecule has 2 fully saturated rings. The number of halogens is 1. The van der Waals surface area contributed by atoms with E-state index < -0.39 is 0 Å². The fraction of sp³-hybridized carbons (Fsp3) is 0.812. The number of piperazine rings is 1. The lowest BCUT2D eigenvalue weighted by Gasteiger charge is -2.50. The maximum atomic E-state index is 4.49. The number of nitrogens with one attached hydrogen (secondary N) is 1. The van der Waals surface area contributed by atoms with Gasteiger partial charge in [-0.1, -0.05) is 19.3 Å². The van der Waals surface area contributed by atoms with Crippen LogP contribution in [0.5, 0.6) is 0 Å². The Morgan fingerprint density at radius 2 is 2.05 bits per heavy atom. The van der Waals surface area contributed by atoms with Crippen LogP contribution in [0.1, 0.15) is 57.6 Å². The molecule has 1 aromatic rings. The van der Waals surface area contributed by atoms with Crippen LogP contribution in [-0.2, 0) is 6.54 Å². The number of hydrogen-bond donors (Lipinski definition) is 1. The largest absolute Gasteiger partial charge is 0.314 e. The third kappa shape index (κ3) is 3.61. The van der Waals surface area contributed by atoms with E-state index in [0.29, 0.717) is 11.6 Å². The number of hydrogen-bond acceptors (Lipinski definition) is 3. The second-order valence-corrected chi connectivity index (χ2v) is 6.81. The topological polar surface area (TPSA) is 33.1 Å². The highest BCUT2D eigenvalue weighted by Crippen LogP contribution is 2.35. The van der Waals surface area contributed by atoms with Gasteiger partial charge in [0.05, 0.1) is 6.20 Å². The highest BCUT2D eigenvalue weighted by molar-refractivity contribution is 5.85. The van der Waals surface area contributed by atoms with E-state index in [4.69, 9.17) is 0 Å². The van der Waals surface area contributed by atoms with E-state index in [9.17, 15) is 0 Å². The summed E-state index contributed by atoms with van der Waals surface area (Å²) in [6, 6.07) is 0.454. The second-order valence-electron chi connectivity index (χ2n) is 6.81. The van der Waals surface area contributed by atoms with Crippen LogP contribution in [0.2, 0.25) is 0 Å². The van der Waals surface area contributed by atoms with Crippen molar-refractivity contribution in [3.05, 3.63) is 18.0 Å². The van der Waals surface area contributed by atoms with Crippen LogP contribution in [0, 0.1) is 0 Å². The summed E-state index contributed by atoms with van der Waals surface area (Å²) in [5.74, 6) is 0. The van der Waals surface area contributed by atoms with Crippen LogP contribution in [0.4, 0.5) is 0 Å². The Hall–Kier alpha value is -0.580. The molecule has 2 aliphatic rings. The van der Waals surface area contributed by atoms with Crippen molar-refractivity contribution in [2.45, 2.75) is 64.1 Å². The predicted molar refractivity (Wildman–Crippen MR) is 89.0 cm³/mol. The SMILES string of the molecule is CC(C)n1cc(CN2CCNCC23CCCCC3)cn1.Cl. The van der Waals surface area contributed by atoms with Crippen molar-refractivity contribution >= 4 is 12.4 Å². The molecule has 1 aliphatic carbocycles. The van der Waals surface area contributed by atoms with E-state index in [1.54, 1.807) is 0 Å². The molecule has 120 valence electrons. The van der Waals surface area contributed by atoms with Gasteiger partial charge < -0.3 is 5.32 Å². The smallest absolute Gasteiger partial charge is 0.0534 e. The highest BCUT2D eigenvalue weighted by atomic mass is 35.5. The minimum Gasteiger partial charge on any atom is -0.314 e. The Morgan fingerprint density at radius 3 is 2.71 bits per heavy atom. The molecule has 0 bridgehead atoms. The first-order valence-corrected chi connectivity index (χ1v) is 8.18. The monoisotopic (exact) mass is 312 g/mol. The standard InChI is InChI=1S/C16H28N4.ClH/c1-14(2)20-12-15(10-18-20)11-19-9-8-17-13-16(19)6-4-3-5-7-16;/h10,12,14,17H,3-9,11,13H2,1-2H3;1H. The molecule has 0 atom stereocenters. The van der Waals surface area contributed by atoms with Crippen LogP contribution in [0.3, 0.4) is 0 Å². The predicted octanol–water partition coefficient (Wildman–Crippen LogP) is 2.99. The van der Waals surface area contributed by atoms with Gasteiger partial charge in [0.25, 0.3) is 0 Å². The fourth-order valence-electron chi connectivity index (χ4n) is 3.80. The molecule has 4 nitrogen and oxygen atoms in total. The van der Waals surface area contributed by atoms with Crippen molar-refractivity contribution < 1.29 is 0 Å². The molecular weight excluding hydrogens is 284 g/mol. The summed E-state index contributed by atoms with van der Waals surface area (Å²) in [7, 11) is 0. The van der Waals surface area contributed by atoms with Crippen LogP contribution in [0.15, 0.2) is 12.4 Å². The Labute approximate surface area is 134 Å². The van der Waals surface area contributed by atoms with E-state index in [1.807, 2.05) is 0 Å². The van der Waals surface area contributed by atoms with Gasteiger partial charge >= 0.3 is 0 Å². The molecule has 1 aliphatic heterocycles. The van der Waals surface area contributed by atoms with Crippen molar-refractivity contribution in [1.82, 2.24) is 20.0 Å². The Kier molecular flexibility index (Phi) is 5.69. The summed E-state index contributed by atoms with van der Waals surface area (Å²) in [5, 5.41) is 8.11. The lowest BCUT2D eigenvalue weighted by Crippen LogP contribution is -2.61. The van der Waals surface area contributed by atoms with Gasteiger partial charge in [-0.05, 0) is 26.7 Å².